The molecule has 0 saturated heterocycles. The van der Waals surface area contributed by atoms with Crippen LogP contribution in [-0.2, 0) is 19.1 Å². The third-order valence-corrected chi connectivity index (χ3v) is 3.67. The van der Waals surface area contributed by atoms with Gasteiger partial charge in [-0.1, -0.05) is 12.1 Å². The molecule has 1 unspecified atom stereocenters. The summed E-state index contributed by atoms with van der Waals surface area (Å²) in [6, 6.07) is 7.14. The predicted octanol–water partition coefficient (Wildman–Crippen LogP) is 2.61. The van der Waals surface area contributed by atoms with Gasteiger partial charge in [0.25, 0.3) is 0 Å². The smallest absolute Gasteiger partial charge is 0.451 e. The lowest BCUT2D eigenvalue weighted by Gasteiger charge is -2.25. The molecule has 9 heteroatoms. The van der Waals surface area contributed by atoms with E-state index in [1.807, 2.05) is 24.3 Å². The largest absolute Gasteiger partial charge is 0.497 e. The van der Waals surface area contributed by atoms with E-state index in [1.54, 1.807) is 7.11 Å². The van der Waals surface area contributed by atoms with Crippen molar-refractivity contribution in [1.29, 1.82) is 0 Å². The van der Waals surface area contributed by atoms with Crippen LogP contribution in [0.25, 0.3) is 0 Å². The molecular formula is C14H16ClF3N4O. The Morgan fingerprint density at radius 1 is 1.26 bits per heavy atom. The maximum atomic E-state index is 12.9. The molecule has 0 amide bonds. The Bertz CT molecular complexity index is 657. The number of hydrogen-bond donors (Lipinski definition) is 1. The average Bonchev–Trinajstić information content (AvgIpc) is 2.93. The number of rotatable bonds is 3. The molecule has 23 heavy (non-hydrogen) atoms. The molecule has 1 aromatic carbocycles. The SMILES string of the molecule is COc1ccc(CC2NCCn3c2nnc3C(F)(F)F)cc1.Cl. The summed E-state index contributed by atoms with van der Waals surface area (Å²) >= 11 is 0. The number of nitrogens with one attached hydrogen (secondary N) is 1. The van der Waals surface area contributed by atoms with Gasteiger partial charge in [-0.25, -0.2) is 0 Å². The van der Waals surface area contributed by atoms with Gasteiger partial charge in [-0.2, -0.15) is 13.2 Å². The Balaban J connectivity index is 0.00000192. The average molecular weight is 349 g/mol. The van der Waals surface area contributed by atoms with Crippen LogP contribution in [0.4, 0.5) is 13.2 Å². The van der Waals surface area contributed by atoms with Crippen LogP contribution in [0.1, 0.15) is 23.3 Å². The Kier molecular flexibility index (Phi) is 5.16. The van der Waals surface area contributed by atoms with Crippen LogP contribution < -0.4 is 10.1 Å². The fraction of sp³-hybridized carbons (Fsp3) is 0.429. The highest BCUT2D eigenvalue weighted by Crippen LogP contribution is 2.31. The van der Waals surface area contributed by atoms with Crippen LogP contribution in [-0.4, -0.2) is 28.4 Å². The van der Waals surface area contributed by atoms with Gasteiger partial charge in [0.1, 0.15) is 5.75 Å². The summed E-state index contributed by atoms with van der Waals surface area (Å²) in [5, 5.41) is 10.3. The van der Waals surface area contributed by atoms with Crippen LogP contribution in [0.2, 0.25) is 0 Å². The number of halogens is 4. The first-order valence-corrected chi connectivity index (χ1v) is 6.85. The van der Waals surface area contributed by atoms with Crippen molar-refractivity contribution >= 4 is 12.4 Å². The van der Waals surface area contributed by atoms with Crippen LogP contribution in [0, 0.1) is 0 Å². The third-order valence-electron chi connectivity index (χ3n) is 3.67. The summed E-state index contributed by atoms with van der Waals surface area (Å²) in [5.74, 6) is 0.140. The van der Waals surface area contributed by atoms with Gasteiger partial charge in [-0.15, -0.1) is 22.6 Å². The van der Waals surface area contributed by atoms with Crippen molar-refractivity contribution in [1.82, 2.24) is 20.1 Å². The second-order valence-electron chi connectivity index (χ2n) is 5.09. The molecule has 0 bridgehead atoms. The molecule has 0 radical (unpaired) electrons. The highest BCUT2D eigenvalue weighted by Gasteiger charge is 2.40. The van der Waals surface area contributed by atoms with Crippen LogP contribution in [0.3, 0.4) is 0 Å². The van der Waals surface area contributed by atoms with E-state index in [0.29, 0.717) is 18.8 Å². The molecule has 1 N–H and O–H groups in total. The van der Waals surface area contributed by atoms with Gasteiger partial charge in [-0.3, -0.25) is 0 Å². The predicted molar refractivity (Wildman–Crippen MR) is 79.7 cm³/mol. The molecule has 1 aromatic heterocycles. The Labute approximate surface area is 137 Å². The first-order valence-electron chi connectivity index (χ1n) is 6.85. The summed E-state index contributed by atoms with van der Waals surface area (Å²) in [7, 11) is 1.58. The lowest BCUT2D eigenvalue weighted by atomic mass is 10.0. The van der Waals surface area contributed by atoms with Crippen molar-refractivity contribution in [2.24, 2.45) is 0 Å². The molecule has 0 fully saturated rings. The van der Waals surface area contributed by atoms with Crippen molar-refractivity contribution in [3.8, 4) is 5.75 Å². The number of hydrogen-bond acceptors (Lipinski definition) is 4. The zero-order valence-corrected chi connectivity index (χ0v) is 13.1. The highest BCUT2D eigenvalue weighted by atomic mass is 35.5. The lowest BCUT2D eigenvalue weighted by molar-refractivity contribution is -0.147. The number of aromatic nitrogens is 3. The molecule has 1 atom stereocenters. The van der Waals surface area contributed by atoms with Crippen molar-refractivity contribution in [2.75, 3.05) is 13.7 Å². The fourth-order valence-corrected chi connectivity index (χ4v) is 2.61. The van der Waals surface area contributed by atoms with Gasteiger partial charge in [0.2, 0.25) is 5.82 Å². The number of alkyl halides is 3. The molecule has 5 nitrogen and oxygen atoms in total. The van der Waals surface area contributed by atoms with E-state index in [1.165, 1.54) is 0 Å². The number of ether oxygens (including phenoxy) is 1. The standard InChI is InChI=1S/C14H15F3N4O.ClH/c1-22-10-4-2-9(3-5-10)8-11-12-19-20-13(14(15,16)17)21(12)7-6-18-11;/h2-5,11,18H,6-8H2,1H3;1H. The van der Waals surface area contributed by atoms with Gasteiger partial charge in [0.05, 0.1) is 13.2 Å². The van der Waals surface area contributed by atoms with Crippen molar-refractivity contribution in [2.45, 2.75) is 25.2 Å². The van der Waals surface area contributed by atoms with Crippen LogP contribution in [0.5, 0.6) is 5.75 Å². The van der Waals surface area contributed by atoms with Crippen LogP contribution >= 0.6 is 12.4 Å². The van der Waals surface area contributed by atoms with E-state index in [4.69, 9.17) is 4.74 Å². The van der Waals surface area contributed by atoms with Gasteiger partial charge in [0, 0.05) is 13.1 Å². The molecule has 3 rings (SSSR count). The molecule has 0 aliphatic carbocycles. The van der Waals surface area contributed by atoms with E-state index < -0.39 is 12.0 Å². The maximum Gasteiger partial charge on any atom is 0.451 e. The molecule has 2 heterocycles. The molecule has 0 saturated carbocycles. The first-order chi connectivity index (χ1) is 10.5. The summed E-state index contributed by atoms with van der Waals surface area (Å²) in [4.78, 5) is 0. The van der Waals surface area contributed by atoms with Crippen molar-refractivity contribution < 1.29 is 17.9 Å². The molecule has 1 aliphatic heterocycles. The summed E-state index contributed by atoms with van der Waals surface area (Å²) in [6.07, 6.45) is -3.94. The Morgan fingerprint density at radius 3 is 2.57 bits per heavy atom. The highest BCUT2D eigenvalue weighted by molar-refractivity contribution is 5.85. The fourth-order valence-electron chi connectivity index (χ4n) is 2.61. The normalized spacial score (nSPS) is 17.3. The zero-order valence-electron chi connectivity index (χ0n) is 12.3. The minimum absolute atomic E-state index is 0. The summed E-state index contributed by atoms with van der Waals surface area (Å²) in [6.45, 7) is 0.672. The van der Waals surface area contributed by atoms with Gasteiger partial charge in [-0.05, 0) is 24.1 Å². The molecule has 0 spiro atoms. The van der Waals surface area contributed by atoms with Gasteiger partial charge < -0.3 is 14.6 Å². The monoisotopic (exact) mass is 348 g/mol. The lowest BCUT2D eigenvalue weighted by Crippen LogP contribution is -2.36. The second-order valence-corrected chi connectivity index (χ2v) is 5.09. The van der Waals surface area contributed by atoms with Gasteiger partial charge in [0.15, 0.2) is 5.82 Å². The quantitative estimate of drug-likeness (QED) is 0.926. The van der Waals surface area contributed by atoms with Crippen LogP contribution in [0.15, 0.2) is 24.3 Å². The number of methoxy groups -OCH3 is 1. The third kappa shape index (κ3) is 3.59. The van der Waals surface area contributed by atoms with E-state index in [2.05, 4.69) is 15.5 Å². The first kappa shape index (κ1) is 17.6. The molecule has 126 valence electrons. The molecule has 1 aliphatic rings. The van der Waals surface area contributed by atoms with Gasteiger partial charge >= 0.3 is 6.18 Å². The van der Waals surface area contributed by atoms with E-state index in [0.717, 1.165) is 15.9 Å². The maximum absolute atomic E-state index is 12.9. The summed E-state index contributed by atoms with van der Waals surface area (Å²) < 4.78 is 44.9. The molecular weight excluding hydrogens is 333 g/mol. The van der Waals surface area contributed by atoms with E-state index in [-0.39, 0.29) is 25.0 Å². The number of fused-ring (bicyclic) bond motifs is 1. The van der Waals surface area contributed by atoms with E-state index in [9.17, 15) is 13.2 Å². The minimum Gasteiger partial charge on any atom is -0.497 e. The van der Waals surface area contributed by atoms with Crippen molar-refractivity contribution in [3.05, 3.63) is 41.5 Å². The van der Waals surface area contributed by atoms with E-state index >= 15 is 0 Å². The van der Waals surface area contributed by atoms with Crippen molar-refractivity contribution in [3.63, 3.8) is 0 Å². The zero-order chi connectivity index (χ0) is 15.7. The second kappa shape index (κ2) is 6.76. The number of benzene rings is 1. The number of nitrogens with zero attached hydrogens (tertiary/aromatic N) is 3. The minimum atomic E-state index is -4.48. The summed E-state index contributed by atoms with van der Waals surface area (Å²) in [5.41, 5.74) is 0.989. The molecule has 2 aromatic rings. The topological polar surface area (TPSA) is 52.0 Å². The Hall–Kier alpha value is -1.80. The Morgan fingerprint density at radius 2 is 1.96 bits per heavy atom.